The van der Waals surface area contributed by atoms with Gasteiger partial charge in [0.05, 0.1) is 10.7 Å². The summed E-state index contributed by atoms with van der Waals surface area (Å²) in [5.74, 6) is 0.0520. The second kappa shape index (κ2) is 5.16. The lowest BCUT2D eigenvalue weighted by molar-refractivity contribution is -0.134. The predicted octanol–water partition coefficient (Wildman–Crippen LogP) is 1.33. The minimum Gasteiger partial charge on any atom is -0.355 e. The van der Waals surface area contributed by atoms with E-state index in [1.165, 1.54) is 0 Å². The number of hydrogen-bond acceptors (Lipinski definition) is 3. The van der Waals surface area contributed by atoms with E-state index in [0.29, 0.717) is 11.6 Å². The summed E-state index contributed by atoms with van der Waals surface area (Å²) in [6.07, 6.45) is 0. The minimum absolute atomic E-state index is 0.0520. The first-order chi connectivity index (χ1) is 8.56. The summed E-state index contributed by atoms with van der Waals surface area (Å²) >= 11 is 6.20. The molecule has 1 heterocycles. The van der Waals surface area contributed by atoms with Gasteiger partial charge in [-0.1, -0.05) is 23.7 Å². The number of likely N-dealkylation sites (N-methyl/N-ethyl adjacent to an activating group) is 1. The van der Waals surface area contributed by atoms with Gasteiger partial charge in [-0.15, -0.1) is 0 Å². The number of nitrogens with zero attached hydrogens (tertiary/aromatic N) is 2. The molecule has 1 saturated heterocycles. The number of anilines is 1. The average Bonchev–Trinajstić information content (AvgIpc) is 2.36. The summed E-state index contributed by atoms with van der Waals surface area (Å²) in [6, 6.07) is 7.38. The third kappa shape index (κ3) is 2.18. The summed E-state index contributed by atoms with van der Waals surface area (Å²) in [4.78, 5) is 16.0. The van der Waals surface area contributed by atoms with Crippen LogP contribution in [-0.2, 0) is 4.79 Å². The number of carbonyl (C=O) groups is 1. The van der Waals surface area contributed by atoms with E-state index < -0.39 is 0 Å². The number of nitrogens with two attached hydrogens (primary N) is 1. The zero-order valence-electron chi connectivity index (χ0n) is 10.6. The second-order valence-electron chi connectivity index (χ2n) is 4.65. The monoisotopic (exact) mass is 267 g/mol. The van der Waals surface area contributed by atoms with Crippen LogP contribution in [0.1, 0.15) is 6.92 Å². The quantitative estimate of drug-likeness (QED) is 0.880. The lowest BCUT2D eigenvalue weighted by Gasteiger charge is -2.44. The molecule has 2 rings (SSSR count). The lowest BCUT2D eigenvalue weighted by Crippen LogP contribution is -2.62. The molecule has 1 aromatic carbocycles. The van der Waals surface area contributed by atoms with Crippen LogP contribution in [0.4, 0.5) is 5.69 Å². The Morgan fingerprint density at radius 1 is 1.44 bits per heavy atom. The molecular formula is C13H18ClN3O. The van der Waals surface area contributed by atoms with Crippen molar-refractivity contribution in [3.63, 3.8) is 0 Å². The van der Waals surface area contributed by atoms with Crippen LogP contribution in [-0.4, -0.2) is 43.0 Å². The standard InChI is InChI=1S/C13H18ClN3O/c1-9-8-17(11-6-4-3-5-10(11)14)12(7-15)13(18)16(9)2/h3-6,9,12H,7-8,15H2,1-2H3. The van der Waals surface area contributed by atoms with Crippen molar-refractivity contribution in [3.8, 4) is 0 Å². The molecule has 0 aromatic heterocycles. The van der Waals surface area contributed by atoms with Crippen LogP contribution in [0, 0.1) is 0 Å². The van der Waals surface area contributed by atoms with E-state index in [1.54, 1.807) is 4.90 Å². The maximum absolute atomic E-state index is 12.2. The zero-order chi connectivity index (χ0) is 13.3. The molecule has 2 N–H and O–H groups in total. The number of hydrogen-bond donors (Lipinski definition) is 1. The number of carbonyl (C=O) groups excluding carboxylic acids is 1. The van der Waals surface area contributed by atoms with Gasteiger partial charge in [0, 0.05) is 26.2 Å². The van der Waals surface area contributed by atoms with Gasteiger partial charge in [0.1, 0.15) is 6.04 Å². The van der Waals surface area contributed by atoms with Gasteiger partial charge in [-0.25, -0.2) is 0 Å². The highest BCUT2D eigenvalue weighted by molar-refractivity contribution is 6.33. The van der Waals surface area contributed by atoms with Crippen molar-refractivity contribution in [2.24, 2.45) is 5.73 Å². The van der Waals surface area contributed by atoms with Crippen LogP contribution < -0.4 is 10.6 Å². The highest BCUT2D eigenvalue weighted by atomic mass is 35.5. The van der Waals surface area contributed by atoms with Gasteiger partial charge in [0.2, 0.25) is 5.91 Å². The van der Waals surface area contributed by atoms with Crippen LogP contribution >= 0.6 is 11.6 Å². The van der Waals surface area contributed by atoms with E-state index in [-0.39, 0.29) is 18.0 Å². The summed E-state index contributed by atoms with van der Waals surface area (Å²) in [5, 5.41) is 0.653. The Balaban J connectivity index is 2.37. The summed E-state index contributed by atoms with van der Waals surface area (Å²) in [6.45, 7) is 3.06. The van der Waals surface area contributed by atoms with Crippen molar-refractivity contribution in [2.75, 3.05) is 25.0 Å². The Labute approximate surface area is 112 Å². The molecule has 4 nitrogen and oxygen atoms in total. The fraction of sp³-hybridized carbons (Fsp3) is 0.462. The fourth-order valence-electron chi connectivity index (χ4n) is 2.30. The topological polar surface area (TPSA) is 49.6 Å². The van der Waals surface area contributed by atoms with E-state index in [4.69, 9.17) is 17.3 Å². The molecule has 0 radical (unpaired) electrons. The molecule has 1 amide bonds. The Kier molecular flexibility index (Phi) is 3.78. The smallest absolute Gasteiger partial charge is 0.246 e. The maximum atomic E-state index is 12.2. The molecule has 2 unspecified atom stereocenters. The normalized spacial score (nSPS) is 24.6. The van der Waals surface area contributed by atoms with Gasteiger partial charge in [0.15, 0.2) is 0 Å². The van der Waals surface area contributed by atoms with Crippen molar-refractivity contribution < 1.29 is 4.79 Å². The number of rotatable bonds is 2. The maximum Gasteiger partial charge on any atom is 0.246 e. The third-order valence-corrected chi connectivity index (χ3v) is 3.84. The summed E-state index contributed by atoms with van der Waals surface area (Å²) < 4.78 is 0. The largest absolute Gasteiger partial charge is 0.355 e. The molecule has 0 aliphatic carbocycles. The van der Waals surface area contributed by atoms with Crippen molar-refractivity contribution >= 4 is 23.2 Å². The van der Waals surface area contributed by atoms with Crippen molar-refractivity contribution in [3.05, 3.63) is 29.3 Å². The zero-order valence-corrected chi connectivity index (χ0v) is 11.4. The van der Waals surface area contributed by atoms with Gasteiger partial charge in [-0.2, -0.15) is 0 Å². The molecule has 0 bridgehead atoms. The molecule has 0 spiro atoms. The van der Waals surface area contributed by atoms with E-state index in [2.05, 4.69) is 0 Å². The van der Waals surface area contributed by atoms with Crippen molar-refractivity contribution in [1.29, 1.82) is 0 Å². The number of para-hydroxylation sites is 1. The molecule has 1 aliphatic heterocycles. The van der Waals surface area contributed by atoms with E-state index in [9.17, 15) is 4.79 Å². The predicted molar refractivity (Wildman–Crippen MR) is 73.9 cm³/mol. The lowest BCUT2D eigenvalue weighted by atomic mass is 10.1. The fourth-order valence-corrected chi connectivity index (χ4v) is 2.54. The summed E-state index contributed by atoms with van der Waals surface area (Å²) in [7, 11) is 1.82. The van der Waals surface area contributed by atoms with Gasteiger partial charge in [-0.3, -0.25) is 4.79 Å². The first-order valence-corrected chi connectivity index (χ1v) is 6.42. The molecule has 1 fully saturated rings. The number of benzene rings is 1. The molecule has 1 aliphatic rings. The summed E-state index contributed by atoms with van der Waals surface area (Å²) in [5.41, 5.74) is 6.62. The Morgan fingerprint density at radius 3 is 2.72 bits per heavy atom. The molecule has 5 heteroatoms. The molecular weight excluding hydrogens is 250 g/mol. The van der Waals surface area contributed by atoms with Crippen molar-refractivity contribution in [1.82, 2.24) is 4.90 Å². The van der Waals surface area contributed by atoms with Crippen LogP contribution in [0.5, 0.6) is 0 Å². The SMILES string of the molecule is CC1CN(c2ccccc2Cl)C(CN)C(=O)N1C. The van der Waals surface area contributed by atoms with E-state index >= 15 is 0 Å². The van der Waals surface area contributed by atoms with Crippen LogP contribution in [0.2, 0.25) is 5.02 Å². The van der Waals surface area contributed by atoms with Gasteiger partial charge < -0.3 is 15.5 Å². The van der Waals surface area contributed by atoms with Gasteiger partial charge in [-0.05, 0) is 19.1 Å². The van der Waals surface area contributed by atoms with E-state index in [1.807, 2.05) is 43.1 Å². The number of amides is 1. The second-order valence-corrected chi connectivity index (χ2v) is 5.06. The third-order valence-electron chi connectivity index (χ3n) is 3.52. The molecule has 0 saturated carbocycles. The Bertz CT molecular complexity index is 452. The van der Waals surface area contributed by atoms with Crippen molar-refractivity contribution in [2.45, 2.75) is 19.0 Å². The van der Waals surface area contributed by atoms with Crippen LogP contribution in [0.25, 0.3) is 0 Å². The first-order valence-electron chi connectivity index (χ1n) is 6.04. The van der Waals surface area contributed by atoms with Gasteiger partial charge >= 0.3 is 0 Å². The van der Waals surface area contributed by atoms with Crippen LogP contribution in [0.3, 0.4) is 0 Å². The Morgan fingerprint density at radius 2 is 2.11 bits per heavy atom. The number of piperazine rings is 1. The molecule has 2 atom stereocenters. The molecule has 98 valence electrons. The minimum atomic E-state index is -0.328. The average molecular weight is 268 g/mol. The first kappa shape index (κ1) is 13.2. The molecule has 18 heavy (non-hydrogen) atoms. The highest BCUT2D eigenvalue weighted by Gasteiger charge is 2.36. The number of halogens is 1. The molecule has 1 aromatic rings. The van der Waals surface area contributed by atoms with Gasteiger partial charge in [0.25, 0.3) is 0 Å². The van der Waals surface area contributed by atoms with Crippen LogP contribution in [0.15, 0.2) is 24.3 Å². The Hall–Kier alpha value is -1.26. The van der Waals surface area contributed by atoms with E-state index in [0.717, 1.165) is 12.2 Å². The highest BCUT2D eigenvalue weighted by Crippen LogP contribution is 2.29.